The summed E-state index contributed by atoms with van der Waals surface area (Å²) in [4.78, 5) is 33.5. The number of aromatic nitrogens is 2. The number of aliphatic hydroxyl groups excluding tert-OH is 1. The number of aliphatic hydroxyl groups is 1. The molecule has 0 aromatic carbocycles. The predicted molar refractivity (Wildman–Crippen MR) is 96.9 cm³/mol. The fourth-order valence-electron chi connectivity index (χ4n) is 2.90. The number of nitrogens with one attached hydrogen (secondary N) is 2. The number of H-pyrrole nitrogens is 1. The SMILES string of the molecule is O=C(CCCSc1nc2sc3c(c2c(=O)[nH]1)CCCC3)NCCO. The number of thiophene rings is 1. The quantitative estimate of drug-likeness (QED) is 0.394. The van der Waals surface area contributed by atoms with Crippen LogP contribution in [-0.4, -0.2) is 39.9 Å². The van der Waals surface area contributed by atoms with E-state index in [1.165, 1.54) is 28.6 Å². The van der Waals surface area contributed by atoms with Crippen LogP contribution < -0.4 is 10.9 Å². The molecule has 2 aromatic rings. The summed E-state index contributed by atoms with van der Waals surface area (Å²) in [6.45, 7) is 0.247. The van der Waals surface area contributed by atoms with Gasteiger partial charge in [-0.3, -0.25) is 9.59 Å². The first-order valence-electron chi connectivity index (χ1n) is 8.24. The van der Waals surface area contributed by atoms with Crippen molar-refractivity contribution in [2.24, 2.45) is 0 Å². The second-order valence-corrected chi connectivity index (χ2v) is 7.95. The van der Waals surface area contributed by atoms with Gasteiger partial charge in [-0.15, -0.1) is 11.3 Å². The number of carbonyl (C=O) groups excluding carboxylic acids is 1. The molecule has 2 heterocycles. The third-order valence-corrected chi connectivity index (χ3v) is 6.17. The Morgan fingerprint density at radius 1 is 1.38 bits per heavy atom. The first-order chi connectivity index (χ1) is 11.7. The van der Waals surface area contributed by atoms with Gasteiger partial charge in [0, 0.05) is 23.6 Å². The van der Waals surface area contributed by atoms with E-state index >= 15 is 0 Å². The molecule has 0 radical (unpaired) electrons. The van der Waals surface area contributed by atoms with E-state index in [0.717, 1.165) is 29.5 Å². The van der Waals surface area contributed by atoms with E-state index < -0.39 is 0 Å². The van der Waals surface area contributed by atoms with Gasteiger partial charge in [-0.1, -0.05) is 11.8 Å². The summed E-state index contributed by atoms with van der Waals surface area (Å²) in [5, 5.41) is 12.7. The van der Waals surface area contributed by atoms with Gasteiger partial charge in [-0.25, -0.2) is 4.98 Å². The largest absolute Gasteiger partial charge is 0.395 e. The van der Waals surface area contributed by atoms with Gasteiger partial charge in [0.25, 0.3) is 5.56 Å². The Morgan fingerprint density at radius 2 is 2.21 bits per heavy atom. The van der Waals surface area contributed by atoms with Gasteiger partial charge < -0.3 is 15.4 Å². The molecule has 1 amide bonds. The fourth-order valence-corrected chi connectivity index (χ4v) is 5.02. The Balaban J connectivity index is 1.62. The molecule has 6 nitrogen and oxygen atoms in total. The molecule has 0 fully saturated rings. The third kappa shape index (κ3) is 3.99. The van der Waals surface area contributed by atoms with Gasteiger partial charge >= 0.3 is 0 Å². The standard InChI is InChI=1S/C16H21N3O3S2/c20-8-7-17-12(21)6-3-9-23-16-18-14(22)13-10-4-1-2-5-11(10)24-15(13)19-16/h20H,1-9H2,(H,17,21)(H,18,19,22). The van der Waals surface area contributed by atoms with Gasteiger partial charge in [0.2, 0.25) is 5.91 Å². The fraction of sp³-hybridized carbons (Fsp3) is 0.562. The highest BCUT2D eigenvalue weighted by atomic mass is 32.2. The first-order valence-corrected chi connectivity index (χ1v) is 10.0. The lowest BCUT2D eigenvalue weighted by molar-refractivity contribution is -0.121. The molecule has 8 heteroatoms. The van der Waals surface area contributed by atoms with Crippen molar-refractivity contribution in [2.45, 2.75) is 43.7 Å². The maximum Gasteiger partial charge on any atom is 0.260 e. The number of aryl methyl sites for hydroxylation is 2. The maximum atomic E-state index is 12.4. The molecule has 3 rings (SSSR count). The molecule has 2 aromatic heterocycles. The van der Waals surface area contributed by atoms with Crippen molar-refractivity contribution >= 4 is 39.2 Å². The van der Waals surface area contributed by atoms with Gasteiger partial charge in [0.1, 0.15) is 4.83 Å². The van der Waals surface area contributed by atoms with Crippen molar-refractivity contribution in [1.29, 1.82) is 0 Å². The van der Waals surface area contributed by atoms with E-state index in [2.05, 4.69) is 15.3 Å². The summed E-state index contributed by atoms with van der Waals surface area (Å²) >= 11 is 3.12. The maximum absolute atomic E-state index is 12.4. The second-order valence-electron chi connectivity index (χ2n) is 5.79. The van der Waals surface area contributed by atoms with Crippen LogP contribution in [0.4, 0.5) is 0 Å². The number of thioether (sulfide) groups is 1. The third-order valence-electron chi connectivity index (χ3n) is 4.02. The molecule has 0 aliphatic heterocycles. The van der Waals surface area contributed by atoms with Crippen LogP contribution in [0.25, 0.3) is 10.2 Å². The normalized spacial score (nSPS) is 13.9. The lowest BCUT2D eigenvalue weighted by Gasteiger charge is -2.09. The molecule has 0 saturated carbocycles. The molecule has 0 spiro atoms. The molecule has 0 unspecified atom stereocenters. The van der Waals surface area contributed by atoms with Crippen molar-refractivity contribution in [3.8, 4) is 0 Å². The van der Waals surface area contributed by atoms with Crippen molar-refractivity contribution in [3.05, 3.63) is 20.8 Å². The first kappa shape index (κ1) is 17.4. The summed E-state index contributed by atoms with van der Waals surface area (Å²) in [7, 11) is 0. The predicted octanol–water partition coefficient (Wildman–Crippen LogP) is 1.84. The summed E-state index contributed by atoms with van der Waals surface area (Å²) in [6, 6.07) is 0. The van der Waals surface area contributed by atoms with E-state index in [1.54, 1.807) is 11.3 Å². The van der Waals surface area contributed by atoms with E-state index in [1.807, 2.05) is 0 Å². The number of aromatic amines is 1. The summed E-state index contributed by atoms with van der Waals surface area (Å²) < 4.78 is 0. The lowest BCUT2D eigenvalue weighted by atomic mass is 9.97. The van der Waals surface area contributed by atoms with E-state index in [4.69, 9.17) is 5.11 Å². The van der Waals surface area contributed by atoms with Crippen LogP contribution in [-0.2, 0) is 17.6 Å². The average molecular weight is 367 g/mol. The van der Waals surface area contributed by atoms with Crippen LogP contribution in [0.1, 0.15) is 36.1 Å². The molecular formula is C16H21N3O3S2. The highest BCUT2D eigenvalue weighted by Crippen LogP contribution is 2.34. The highest BCUT2D eigenvalue weighted by molar-refractivity contribution is 7.99. The smallest absolute Gasteiger partial charge is 0.260 e. The van der Waals surface area contributed by atoms with Crippen molar-refractivity contribution in [1.82, 2.24) is 15.3 Å². The van der Waals surface area contributed by atoms with Gasteiger partial charge in [0.15, 0.2) is 5.16 Å². The van der Waals surface area contributed by atoms with E-state index in [0.29, 0.717) is 30.3 Å². The molecule has 0 bridgehead atoms. The molecule has 24 heavy (non-hydrogen) atoms. The topological polar surface area (TPSA) is 95.1 Å². The molecule has 1 aliphatic carbocycles. The Kier molecular flexibility index (Phi) is 5.91. The minimum absolute atomic E-state index is 0.0393. The van der Waals surface area contributed by atoms with Gasteiger partial charge in [0.05, 0.1) is 12.0 Å². The zero-order valence-electron chi connectivity index (χ0n) is 13.4. The van der Waals surface area contributed by atoms with Crippen LogP contribution in [0, 0.1) is 0 Å². The number of hydrogen-bond acceptors (Lipinski definition) is 6. The van der Waals surface area contributed by atoms with Gasteiger partial charge in [-0.2, -0.15) is 0 Å². The van der Waals surface area contributed by atoms with E-state index in [-0.39, 0.29) is 18.1 Å². The van der Waals surface area contributed by atoms with Crippen molar-refractivity contribution in [3.63, 3.8) is 0 Å². The summed E-state index contributed by atoms with van der Waals surface area (Å²) in [5.74, 6) is 0.652. The van der Waals surface area contributed by atoms with Gasteiger partial charge in [-0.05, 0) is 37.7 Å². The van der Waals surface area contributed by atoms with Crippen LogP contribution >= 0.6 is 23.1 Å². The lowest BCUT2D eigenvalue weighted by Crippen LogP contribution is -2.26. The number of rotatable bonds is 7. The minimum atomic E-state index is -0.0625. The van der Waals surface area contributed by atoms with Crippen molar-refractivity contribution < 1.29 is 9.90 Å². The summed E-state index contributed by atoms with van der Waals surface area (Å²) in [5.41, 5.74) is 1.16. The highest BCUT2D eigenvalue weighted by Gasteiger charge is 2.19. The van der Waals surface area contributed by atoms with Crippen LogP contribution in [0.2, 0.25) is 0 Å². The Hall–Kier alpha value is -1.38. The van der Waals surface area contributed by atoms with E-state index in [9.17, 15) is 9.59 Å². The molecule has 1 aliphatic rings. The number of carbonyl (C=O) groups is 1. The van der Waals surface area contributed by atoms with Crippen LogP contribution in [0.5, 0.6) is 0 Å². The Morgan fingerprint density at radius 3 is 3.04 bits per heavy atom. The number of hydrogen-bond donors (Lipinski definition) is 3. The summed E-state index contributed by atoms with van der Waals surface area (Å²) in [6.07, 6.45) is 5.49. The zero-order chi connectivity index (χ0) is 16.9. The minimum Gasteiger partial charge on any atom is -0.395 e. The molecular weight excluding hydrogens is 346 g/mol. The number of fused-ring (bicyclic) bond motifs is 3. The molecule has 3 N–H and O–H groups in total. The Bertz CT molecular complexity index is 785. The van der Waals surface area contributed by atoms with Crippen molar-refractivity contribution in [2.75, 3.05) is 18.9 Å². The number of nitrogens with zero attached hydrogens (tertiary/aromatic N) is 1. The average Bonchev–Trinajstić information content (AvgIpc) is 2.95. The number of amides is 1. The Labute approximate surface area is 148 Å². The molecule has 0 saturated heterocycles. The second kappa shape index (κ2) is 8.13. The molecule has 130 valence electrons. The molecule has 0 atom stereocenters. The van der Waals surface area contributed by atoms with Crippen LogP contribution in [0.15, 0.2) is 9.95 Å². The van der Waals surface area contributed by atoms with Crippen LogP contribution in [0.3, 0.4) is 0 Å². The zero-order valence-corrected chi connectivity index (χ0v) is 15.0. The monoisotopic (exact) mass is 367 g/mol.